The number of aromatic amines is 1. The highest BCUT2D eigenvalue weighted by molar-refractivity contribution is 7.89. The number of nitrogens with zero attached hydrogens (tertiary/aromatic N) is 2. The fraction of sp³-hybridized carbons (Fsp3) is 0.667. The number of nitrogens with one attached hydrogen (secondary N) is 1. The molecular formula is C12H19N3O5S. The van der Waals surface area contributed by atoms with Crippen LogP contribution in [0.1, 0.15) is 28.9 Å². The van der Waals surface area contributed by atoms with Crippen LogP contribution in [0.5, 0.6) is 0 Å². The van der Waals surface area contributed by atoms with Gasteiger partial charge in [0, 0.05) is 25.9 Å². The first kappa shape index (κ1) is 15.9. The first-order chi connectivity index (χ1) is 9.84. The van der Waals surface area contributed by atoms with Crippen LogP contribution in [-0.2, 0) is 14.8 Å². The Labute approximate surface area is 123 Å². The predicted molar refractivity (Wildman–Crippen MR) is 73.6 cm³/mol. The number of aromatic carboxylic acids is 1. The van der Waals surface area contributed by atoms with Gasteiger partial charge in [-0.2, -0.15) is 9.40 Å². The van der Waals surface area contributed by atoms with Crippen LogP contribution in [0.15, 0.2) is 5.03 Å². The number of ether oxygens (including phenoxy) is 1. The van der Waals surface area contributed by atoms with E-state index in [4.69, 9.17) is 9.84 Å². The van der Waals surface area contributed by atoms with Crippen molar-refractivity contribution in [3.8, 4) is 0 Å². The Morgan fingerprint density at radius 2 is 2.19 bits per heavy atom. The zero-order chi connectivity index (χ0) is 15.6. The topological polar surface area (TPSA) is 113 Å². The molecule has 9 heteroatoms. The minimum atomic E-state index is -3.95. The molecule has 1 aliphatic carbocycles. The van der Waals surface area contributed by atoms with Gasteiger partial charge in [-0.3, -0.25) is 5.10 Å². The highest BCUT2D eigenvalue weighted by Crippen LogP contribution is 2.28. The van der Waals surface area contributed by atoms with Gasteiger partial charge in [0.2, 0.25) is 5.03 Å². The van der Waals surface area contributed by atoms with E-state index in [1.54, 1.807) is 0 Å². The summed E-state index contributed by atoms with van der Waals surface area (Å²) in [6.07, 6.45) is 2.34. The van der Waals surface area contributed by atoms with Crippen LogP contribution in [0, 0.1) is 12.8 Å². The van der Waals surface area contributed by atoms with Gasteiger partial charge in [0.15, 0.2) is 0 Å². The minimum Gasteiger partial charge on any atom is -0.478 e. The number of carboxylic acid groups (broad SMARTS) is 1. The van der Waals surface area contributed by atoms with Crippen LogP contribution in [-0.4, -0.2) is 60.8 Å². The maximum absolute atomic E-state index is 12.3. The lowest BCUT2D eigenvalue weighted by atomic mass is 10.3. The molecule has 0 atom stereocenters. The lowest BCUT2D eigenvalue weighted by Crippen LogP contribution is -2.31. The molecule has 2 rings (SSSR count). The van der Waals surface area contributed by atoms with Gasteiger partial charge in [-0.15, -0.1) is 0 Å². The summed E-state index contributed by atoms with van der Waals surface area (Å²) in [5, 5.41) is 14.7. The second-order valence-electron chi connectivity index (χ2n) is 5.18. The molecule has 1 aromatic rings. The van der Waals surface area contributed by atoms with Gasteiger partial charge in [-0.25, -0.2) is 13.2 Å². The van der Waals surface area contributed by atoms with Crippen molar-refractivity contribution in [2.24, 2.45) is 5.92 Å². The molecule has 1 aromatic heterocycles. The monoisotopic (exact) mass is 317 g/mol. The number of rotatable bonds is 8. The number of H-pyrrole nitrogens is 1. The lowest BCUT2D eigenvalue weighted by molar-refractivity contribution is 0.0691. The van der Waals surface area contributed by atoms with Crippen LogP contribution < -0.4 is 0 Å². The minimum absolute atomic E-state index is 0.153. The average molecular weight is 317 g/mol. The Balaban J connectivity index is 2.03. The molecule has 8 nitrogen and oxygen atoms in total. The van der Waals surface area contributed by atoms with Crippen molar-refractivity contribution in [2.45, 2.75) is 24.8 Å². The third-order valence-electron chi connectivity index (χ3n) is 3.38. The van der Waals surface area contributed by atoms with Crippen LogP contribution in [0.2, 0.25) is 0 Å². The Morgan fingerprint density at radius 3 is 2.76 bits per heavy atom. The highest BCUT2D eigenvalue weighted by Gasteiger charge is 2.31. The van der Waals surface area contributed by atoms with Gasteiger partial charge in [-0.05, 0) is 25.7 Å². The molecule has 0 spiro atoms. The van der Waals surface area contributed by atoms with Crippen molar-refractivity contribution in [1.82, 2.24) is 14.5 Å². The Kier molecular flexibility index (Phi) is 4.64. The molecule has 1 fully saturated rings. The summed E-state index contributed by atoms with van der Waals surface area (Å²) in [6, 6.07) is 0. The van der Waals surface area contributed by atoms with Crippen molar-refractivity contribution in [1.29, 1.82) is 0 Å². The number of likely N-dealkylation sites (N-methyl/N-ethyl adjacent to an activating group) is 1. The molecular weight excluding hydrogens is 298 g/mol. The Morgan fingerprint density at radius 1 is 1.52 bits per heavy atom. The summed E-state index contributed by atoms with van der Waals surface area (Å²) in [6.45, 7) is 2.54. The number of carbonyl (C=O) groups is 1. The third-order valence-corrected chi connectivity index (χ3v) is 5.17. The van der Waals surface area contributed by atoms with Gasteiger partial charge in [0.25, 0.3) is 10.0 Å². The standard InChI is InChI=1S/C12H19N3O5S/c1-8-10(12(16)17)11(14-13-8)21(18,19)15(2)5-6-20-7-9-3-4-9/h9H,3-7H2,1-2H3,(H,13,14)(H,16,17). The quantitative estimate of drug-likeness (QED) is 0.674. The summed E-state index contributed by atoms with van der Waals surface area (Å²) in [4.78, 5) is 11.1. The van der Waals surface area contributed by atoms with Crippen LogP contribution >= 0.6 is 0 Å². The number of sulfonamides is 1. The maximum atomic E-state index is 12.3. The summed E-state index contributed by atoms with van der Waals surface area (Å²) in [5.41, 5.74) is -0.111. The first-order valence-corrected chi connectivity index (χ1v) is 8.10. The fourth-order valence-electron chi connectivity index (χ4n) is 1.84. The fourth-order valence-corrected chi connectivity index (χ4v) is 3.11. The van der Waals surface area contributed by atoms with Gasteiger partial charge in [-0.1, -0.05) is 0 Å². The van der Waals surface area contributed by atoms with E-state index in [2.05, 4.69) is 10.2 Å². The number of carboxylic acids is 1. The lowest BCUT2D eigenvalue weighted by Gasteiger charge is -2.16. The zero-order valence-corrected chi connectivity index (χ0v) is 12.8. The molecule has 0 unspecified atom stereocenters. The van der Waals surface area contributed by atoms with Gasteiger partial charge in [0.05, 0.1) is 6.61 Å². The number of hydrogen-bond acceptors (Lipinski definition) is 5. The maximum Gasteiger partial charge on any atom is 0.340 e. The van der Waals surface area contributed by atoms with E-state index in [1.807, 2.05) is 0 Å². The van der Waals surface area contributed by atoms with Crippen LogP contribution in [0.25, 0.3) is 0 Å². The highest BCUT2D eigenvalue weighted by atomic mass is 32.2. The van der Waals surface area contributed by atoms with E-state index in [0.717, 1.165) is 4.31 Å². The van der Waals surface area contributed by atoms with Crippen molar-refractivity contribution < 1.29 is 23.1 Å². The summed E-state index contributed by atoms with van der Waals surface area (Å²) >= 11 is 0. The smallest absolute Gasteiger partial charge is 0.340 e. The Bertz CT molecular complexity index is 621. The van der Waals surface area contributed by atoms with Gasteiger partial charge >= 0.3 is 5.97 Å². The van der Waals surface area contributed by atoms with E-state index in [0.29, 0.717) is 12.5 Å². The molecule has 21 heavy (non-hydrogen) atoms. The molecule has 1 aliphatic rings. The van der Waals surface area contributed by atoms with Crippen molar-refractivity contribution in [2.75, 3.05) is 26.8 Å². The summed E-state index contributed by atoms with van der Waals surface area (Å²) in [7, 11) is -2.57. The SMILES string of the molecule is Cc1[nH]nc(S(=O)(=O)N(C)CCOCC2CC2)c1C(=O)O. The number of aryl methyl sites for hydroxylation is 1. The first-order valence-electron chi connectivity index (χ1n) is 6.66. The number of aromatic nitrogens is 2. The summed E-state index contributed by atoms with van der Waals surface area (Å²) < 4.78 is 31.1. The van der Waals surface area contributed by atoms with Crippen molar-refractivity contribution >= 4 is 16.0 Å². The predicted octanol–water partition coefficient (Wildman–Crippen LogP) is 0.463. The van der Waals surface area contributed by atoms with E-state index < -0.39 is 21.0 Å². The van der Waals surface area contributed by atoms with E-state index in [-0.39, 0.29) is 24.4 Å². The molecule has 2 N–H and O–H groups in total. The van der Waals surface area contributed by atoms with Crippen molar-refractivity contribution in [3.63, 3.8) is 0 Å². The van der Waals surface area contributed by atoms with E-state index >= 15 is 0 Å². The average Bonchev–Trinajstić information content (AvgIpc) is 3.14. The molecule has 0 amide bonds. The Hall–Kier alpha value is -1.45. The van der Waals surface area contributed by atoms with Gasteiger partial charge in [0.1, 0.15) is 5.56 Å². The molecule has 1 saturated carbocycles. The van der Waals surface area contributed by atoms with Crippen LogP contribution in [0.3, 0.4) is 0 Å². The van der Waals surface area contributed by atoms with Crippen LogP contribution in [0.4, 0.5) is 0 Å². The molecule has 0 saturated heterocycles. The van der Waals surface area contributed by atoms with E-state index in [1.165, 1.54) is 26.8 Å². The second-order valence-corrected chi connectivity index (χ2v) is 7.14. The normalized spacial score (nSPS) is 15.6. The molecule has 0 aliphatic heterocycles. The van der Waals surface area contributed by atoms with Gasteiger partial charge < -0.3 is 9.84 Å². The summed E-state index contributed by atoms with van der Waals surface area (Å²) in [5.74, 6) is -0.710. The second kappa shape index (κ2) is 6.12. The number of hydrogen-bond donors (Lipinski definition) is 2. The molecule has 0 radical (unpaired) electrons. The zero-order valence-electron chi connectivity index (χ0n) is 12.0. The molecule has 0 aromatic carbocycles. The largest absolute Gasteiger partial charge is 0.478 e. The third kappa shape index (κ3) is 3.60. The molecule has 118 valence electrons. The van der Waals surface area contributed by atoms with E-state index in [9.17, 15) is 13.2 Å². The molecule has 1 heterocycles. The molecule has 0 bridgehead atoms. The van der Waals surface area contributed by atoms with Crippen molar-refractivity contribution in [3.05, 3.63) is 11.3 Å².